The van der Waals surface area contributed by atoms with Crippen molar-refractivity contribution in [3.05, 3.63) is 83.9 Å². The Morgan fingerprint density at radius 2 is 1.54 bits per heavy atom. The minimum Gasteiger partial charge on any atom is -0.444 e. The quantitative estimate of drug-likeness (QED) is 0.654. The number of rotatable bonds is 4. The van der Waals surface area contributed by atoms with Crippen LogP contribution in [0.25, 0.3) is 10.8 Å². The van der Waals surface area contributed by atoms with E-state index in [0.29, 0.717) is 37.4 Å². The van der Waals surface area contributed by atoms with Crippen LogP contribution in [0.3, 0.4) is 0 Å². The lowest BCUT2D eigenvalue weighted by Crippen LogP contribution is -2.44. The molecule has 1 aliphatic rings. The molecule has 1 fully saturated rings. The molecule has 1 heterocycles. The number of hydrogen-bond donors (Lipinski definition) is 0. The van der Waals surface area contributed by atoms with Crippen LogP contribution in [0.4, 0.5) is 0 Å². The summed E-state index contributed by atoms with van der Waals surface area (Å²) in [7, 11) is 0. The molecule has 5 nitrogen and oxygen atoms in total. The van der Waals surface area contributed by atoms with Crippen molar-refractivity contribution in [2.45, 2.75) is 6.10 Å². The Balaban J connectivity index is 1.65. The third kappa shape index (κ3) is 3.75. The molecule has 1 atom stereocenters. The summed E-state index contributed by atoms with van der Waals surface area (Å²) >= 11 is 0. The van der Waals surface area contributed by atoms with Gasteiger partial charge in [0.1, 0.15) is 0 Å². The fraction of sp³-hybridized carbons (Fsp3) is 0.217. The largest absolute Gasteiger partial charge is 0.444 e. The van der Waals surface area contributed by atoms with Crippen LogP contribution in [-0.4, -0.2) is 43.1 Å². The number of carbonyl (C=O) groups is 2. The van der Waals surface area contributed by atoms with Crippen molar-refractivity contribution in [3.63, 3.8) is 0 Å². The Hall–Kier alpha value is -3.18. The van der Waals surface area contributed by atoms with Crippen molar-refractivity contribution in [1.82, 2.24) is 4.90 Å². The summed E-state index contributed by atoms with van der Waals surface area (Å²) in [5, 5.41) is 1.76. The molecule has 0 saturated carbocycles. The molecule has 28 heavy (non-hydrogen) atoms. The zero-order chi connectivity index (χ0) is 19.3. The van der Waals surface area contributed by atoms with E-state index in [4.69, 9.17) is 9.47 Å². The summed E-state index contributed by atoms with van der Waals surface area (Å²) in [6.45, 7) is 1.97. The minimum atomic E-state index is -0.981. The molecular weight excluding hydrogens is 354 g/mol. The van der Waals surface area contributed by atoms with Gasteiger partial charge in [0.05, 0.1) is 18.8 Å². The van der Waals surface area contributed by atoms with Gasteiger partial charge in [0, 0.05) is 18.7 Å². The molecule has 1 aliphatic heterocycles. The second-order valence-electron chi connectivity index (χ2n) is 6.66. The molecule has 3 aromatic rings. The van der Waals surface area contributed by atoms with Gasteiger partial charge >= 0.3 is 5.97 Å². The predicted octanol–water partition coefficient (Wildman–Crippen LogP) is 3.60. The zero-order valence-corrected chi connectivity index (χ0v) is 15.4. The molecule has 0 aromatic heterocycles. The number of esters is 1. The average molecular weight is 375 g/mol. The molecule has 0 unspecified atom stereocenters. The Morgan fingerprint density at radius 1 is 0.857 bits per heavy atom. The summed E-state index contributed by atoms with van der Waals surface area (Å²) in [6, 6.07) is 22.3. The van der Waals surface area contributed by atoms with Gasteiger partial charge < -0.3 is 14.4 Å². The summed E-state index contributed by atoms with van der Waals surface area (Å²) in [6.07, 6.45) is -0.981. The monoisotopic (exact) mass is 375 g/mol. The molecule has 5 heteroatoms. The maximum absolute atomic E-state index is 13.1. The van der Waals surface area contributed by atoms with Crippen molar-refractivity contribution in [2.24, 2.45) is 0 Å². The average Bonchev–Trinajstić information content (AvgIpc) is 2.77. The fourth-order valence-corrected chi connectivity index (χ4v) is 3.41. The maximum Gasteiger partial charge on any atom is 0.339 e. The van der Waals surface area contributed by atoms with Crippen LogP contribution in [0, 0.1) is 0 Å². The van der Waals surface area contributed by atoms with Crippen molar-refractivity contribution >= 4 is 22.6 Å². The second kappa shape index (κ2) is 8.23. The lowest BCUT2D eigenvalue weighted by molar-refractivity contribution is -0.145. The van der Waals surface area contributed by atoms with Crippen LogP contribution in [0.5, 0.6) is 0 Å². The first kappa shape index (κ1) is 18.2. The van der Waals surface area contributed by atoms with Gasteiger partial charge in [-0.15, -0.1) is 0 Å². The minimum absolute atomic E-state index is 0.219. The second-order valence-corrected chi connectivity index (χ2v) is 6.66. The molecular formula is C23H21NO4. The van der Waals surface area contributed by atoms with Crippen LogP contribution in [0.1, 0.15) is 22.0 Å². The van der Waals surface area contributed by atoms with Gasteiger partial charge in [0.15, 0.2) is 0 Å². The fourth-order valence-electron chi connectivity index (χ4n) is 3.41. The smallest absolute Gasteiger partial charge is 0.339 e. The Kier molecular flexibility index (Phi) is 5.35. The number of ether oxygens (including phenoxy) is 2. The predicted molar refractivity (Wildman–Crippen MR) is 106 cm³/mol. The van der Waals surface area contributed by atoms with E-state index in [2.05, 4.69) is 0 Å². The number of carbonyl (C=O) groups excluding carboxylic acids is 2. The molecule has 0 bridgehead atoms. The number of benzene rings is 3. The summed E-state index contributed by atoms with van der Waals surface area (Å²) in [4.78, 5) is 27.8. The van der Waals surface area contributed by atoms with Crippen molar-refractivity contribution < 1.29 is 19.1 Å². The van der Waals surface area contributed by atoms with Gasteiger partial charge in [-0.2, -0.15) is 0 Å². The van der Waals surface area contributed by atoms with E-state index < -0.39 is 12.1 Å². The molecule has 0 aliphatic carbocycles. The number of nitrogens with zero attached hydrogens (tertiary/aromatic N) is 1. The number of fused-ring (bicyclic) bond motifs is 1. The van der Waals surface area contributed by atoms with E-state index in [1.807, 2.05) is 54.6 Å². The molecule has 1 saturated heterocycles. The highest BCUT2D eigenvalue weighted by Crippen LogP contribution is 2.25. The van der Waals surface area contributed by atoms with Gasteiger partial charge in [-0.1, -0.05) is 66.7 Å². The normalized spacial score (nSPS) is 15.2. The first-order valence-corrected chi connectivity index (χ1v) is 9.34. The molecule has 3 aromatic carbocycles. The van der Waals surface area contributed by atoms with Crippen LogP contribution in [-0.2, 0) is 14.3 Å². The summed E-state index contributed by atoms with van der Waals surface area (Å²) < 4.78 is 11.1. The van der Waals surface area contributed by atoms with E-state index in [1.54, 1.807) is 23.1 Å². The molecule has 142 valence electrons. The first-order chi connectivity index (χ1) is 13.7. The molecule has 0 radical (unpaired) electrons. The Labute approximate surface area is 163 Å². The van der Waals surface area contributed by atoms with E-state index in [-0.39, 0.29) is 5.91 Å². The van der Waals surface area contributed by atoms with Gasteiger partial charge in [0.25, 0.3) is 5.91 Å². The maximum atomic E-state index is 13.1. The molecule has 4 rings (SSSR count). The van der Waals surface area contributed by atoms with Crippen LogP contribution in [0.2, 0.25) is 0 Å². The Morgan fingerprint density at radius 3 is 2.32 bits per heavy atom. The lowest BCUT2D eigenvalue weighted by Gasteiger charge is -2.30. The third-order valence-corrected chi connectivity index (χ3v) is 4.88. The molecule has 1 amide bonds. The lowest BCUT2D eigenvalue weighted by atomic mass is 10.0. The van der Waals surface area contributed by atoms with E-state index >= 15 is 0 Å². The van der Waals surface area contributed by atoms with Crippen LogP contribution in [0.15, 0.2) is 72.8 Å². The zero-order valence-electron chi connectivity index (χ0n) is 15.4. The summed E-state index contributed by atoms with van der Waals surface area (Å²) in [5.41, 5.74) is 1.11. The van der Waals surface area contributed by atoms with Crippen molar-refractivity contribution in [1.29, 1.82) is 0 Å². The van der Waals surface area contributed by atoms with Crippen LogP contribution >= 0.6 is 0 Å². The molecule has 0 N–H and O–H groups in total. The van der Waals surface area contributed by atoms with E-state index in [1.165, 1.54) is 0 Å². The van der Waals surface area contributed by atoms with E-state index in [9.17, 15) is 9.59 Å². The highest BCUT2D eigenvalue weighted by molar-refractivity contribution is 6.05. The first-order valence-electron chi connectivity index (χ1n) is 9.34. The van der Waals surface area contributed by atoms with Gasteiger partial charge in [-0.3, -0.25) is 4.79 Å². The standard InChI is InChI=1S/C23H21NO4/c25-22(24-13-15-27-16-14-24)21(18-8-2-1-3-9-18)28-23(26)20-12-6-10-17-7-4-5-11-19(17)20/h1-12,21H,13-16H2/t21-/m1/s1. The van der Waals surface area contributed by atoms with Crippen molar-refractivity contribution in [2.75, 3.05) is 26.3 Å². The highest BCUT2D eigenvalue weighted by atomic mass is 16.5. The van der Waals surface area contributed by atoms with Crippen LogP contribution < -0.4 is 0 Å². The Bertz CT molecular complexity index is 975. The number of amides is 1. The number of morpholine rings is 1. The van der Waals surface area contributed by atoms with Gasteiger partial charge in [-0.25, -0.2) is 4.79 Å². The SMILES string of the molecule is O=C(O[C@@H](C(=O)N1CCOCC1)c1ccccc1)c1cccc2ccccc12. The van der Waals surface area contributed by atoms with Crippen molar-refractivity contribution in [3.8, 4) is 0 Å². The highest BCUT2D eigenvalue weighted by Gasteiger charge is 2.31. The topological polar surface area (TPSA) is 55.8 Å². The molecule has 0 spiro atoms. The summed E-state index contributed by atoms with van der Waals surface area (Å²) in [5.74, 6) is -0.727. The number of hydrogen-bond acceptors (Lipinski definition) is 4. The van der Waals surface area contributed by atoms with Gasteiger partial charge in [0.2, 0.25) is 6.10 Å². The van der Waals surface area contributed by atoms with Gasteiger partial charge in [-0.05, 0) is 16.8 Å². The van der Waals surface area contributed by atoms with E-state index in [0.717, 1.165) is 10.8 Å². The third-order valence-electron chi connectivity index (χ3n) is 4.88.